The number of rotatable bonds is 3. The molecule has 2 aliphatic heterocycles. The zero-order valence-electron chi connectivity index (χ0n) is 26.1. The highest BCUT2D eigenvalue weighted by atomic mass is 16.5. The second-order valence-corrected chi connectivity index (χ2v) is 14.2. The minimum absolute atomic E-state index is 0.275. The first-order valence-electron chi connectivity index (χ1n) is 17.6. The predicted molar refractivity (Wildman–Crippen MR) is 180 cm³/mol. The van der Waals surface area contributed by atoms with Crippen molar-refractivity contribution in [2.45, 2.75) is 83.1 Å². The predicted octanol–water partition coefficient (Wildman–Crippen LogP) is 8.51. The molecule has 0 spiro atoms. The van der Waals surface area contributed by atoms with Crippen molar-refractivity contribution in [1.29, 1.82) is 0 Å². The van der Waals surface area contributed by atoms with Gasteiger partial charge in [-0.3, -0.25) is 0 Å². The lowest BCUT2D eigenvalue weighted by atomic mass is 9.75. The van der Waals surface area contributed by atoms with E-state index in [1.165, 1.54) is 58.2 Å². The molecular weight excluding hydrogens is 550 g/mol. The highest BCUT2D eigenvalue weighted by molar-refractivity contribution is 5.67. The standard InChI is InChI=1S/C42H41NO2/c1-3-11-26(12-4-1)33-24-28(25-35-31-20-22-39-40(42(31)45-41(33)35)32-16-8-10-18-38(32)44-39)27-19-21-37-34(23-27)30-15-7-9-17-36(30)43(37)29-13-5-2-6-14-29/h3,5,7,10-15,18,22-23,25,30-31,33,36H,1-2,4,6,8-9,16-17,19-21,24H2. The summed E-state index contributed by atoms with van der Waals surface area (Å²) in [5.74, 6) is 4.44. The first-order valence-corrected chi connectivity index (χ1v) is 17.6. The number of allylic oxidation sites excluding steroid dienone is 14. The lowest BCUT2D eigenvalue weighted by Crippen LogP contribution is -2.34. The maximum absolute atomic E-state index is 7.06. The number of hydrogen-bond acceptors (Lipinski definition) is 3. The van der Waals surface area contributed by atoms with Crippen molar-refractivity contribution < 1.29 is 9.15 Å². The monoisotopic (exact) mass is 591 g/mol. The zero-order valence-corrected chi connectivity index (χ0v) is 26.1. The Morgan fingerprint density at radius 1 is 0.711 bits per heavy atom. The summed E-state index contributed by atoms with van der Waals surface area (Å²) >= 11 is 0. The molecule has 0 bridgehead atoms. The molecule has 3 heteroatoms. The van der Waals surface area contributed by atoms with Gasteiger partial charge in [0, 0.05) is 46.3 Å². The number of ether oxygens (including phenoxy) is 1. The van der Waals surface area contributed by atoms with Gasteiger partial charge >= 0.3 is 0 Å². The molecule has 0 aromatic carbocycles. The Bertz CT molecular complexity index is 1960. The van der Waals surface area contributed by atoms with Crippen LogP contribution in [0.25, 0.3) is 17.9 Å². The number of hydrogen-bond donors (Lipinski definition) is 0. The van der Waals surface area contributed by atoms with Crippen molar-refractivity contribution in [1.82, 2.24) is 4.90 Å². The molecule has 0 radical (unpaired) electrons. The third-order valence-corrected chi connectivity index (χ3v) is 11.7. The number of furan rings is 1. The third kappa shape index (κ3) is 4.02. The van der Waals surface area contributed by atoms with Gasteiger partial charge in [0.25, 0.3) is 0 Å². The maximum Gasteiger partial charge on any atom is 0.134 e. The van der Waals surface area contributed by atoms with E-state index in [9.17, 15) is 0 Å². The molecule has 1 aromatic heterocycles. The van der Waals surface area contributed by atoms with Crippen molar-refractivity contribution in [2.24, 2.45) is 17.8 Å². The molecule has 0 saturated carbocycles. The largest absolute Gasteiger partial charge is 0.464 e. The Morgan fingerprint density at radius 2 is 1.60 bits per heavy atom. The summed E-state index contributed by atoms with van der Waals surface area (Å²) in [6.45, 7) is 0. The molecular formula is C42H41NO2. The molecule has 0 fully saturated rings. The first kappa shape index (κ1) is 26.3. The van der Waals surface area contributed by atoms with Crippen LogP contribution in [-0.4, -0.2) is 10.9 Å². The molecule has 45 heavy (non-hydrogen) atoms. The summed E-state index contributed by atoms with van der Waals surface area (Å²) < 4.78 is 13.4. The molecule has 0 amide bonds. The molecule has 7 aliphatic carbocycles. The molecule has 10 rings (SSSR count). The van der Waals surface area contributed by atoms with E-state index in [2.05, 4.69) is 83.9 Å². The van der Waals surface area contributed by atoms with Gasteiger partial charge in [-0.2, -0.15) is 0 Å². The van der Waals surface area contributed by atoms with Crippen LogP contribution in [0.5, 0.6) is 0 Å². The quantitative estimate of drug-likeness (QED) is 0.330. The normalized spacial score (nSPS) is 30.8. The van der Waals surface area contributed by atoms with Gasteiger partial charge in [0.05, 0.1) is 5.22 Å². The molecule has 0 N–H and O–H groups in total. The van der Waals surface area contributed by atoms with Gasteiger partial charge in [0.15, 0.2) is 0 Å². The van der Waals surface area contributed by atoms with Gasteiger partial charge in [-0.25, -0.2) is 0 Å². The van der Waals surface area contributed by atoms with Crippen LogP contribution in [0.3, 0.4) is 0 Å². The van der Waals surface area contributed by atoms with Crippen LogP contribution in [-0.2, 0) is 11.2 Å². The second kappa shape index (κ2) is 10.3. The molecule has 4 atom stereocenters. The minimum Gasteiger partial charge on any atom is -0.464 e. The second-order valence-electron chi connectivity index (χ2n) is 14.2. The Balaban J connectivity index is 1.08. The molecule has 9 aliphatic rings. The lowest BCUT2D eigenvalue weighted by Gasteiger charge is -2.35. The number of nitrogens with zero attached hydrogens (tertiary/aromatic N) is 1. The van der Waals surface area contributed by atoms with Gasteiger partial charge in [-0.1, -0.05) is 60.8 Å². The zero-order chi connectivity index (χ0) is 29.5. The van der Waals surface area contributed by atoms with E-state index >= 15 is 0 Å². The third-order valence-electron chi connectivity index (χ3n) is 11.7. The van der Waals surface area contributed by atoms with Crippen molar-refractivity contribution in [3.63, 3.8) is 0 Å². The van der Waals surface area contributed by atoms with Crippen molar-refractivity contribution in [2.75, 3.05) is 0 Å². The van der Waals surface area contributed by atoms with Gasteiger partial charge in [-0.15, -0.1) is 0 Å². The van der Waals surface area contributed by atoms with Crippen LogP contribution in [0.2, 0.25) is 0 Å². The van der Waals surface area contributed by atoms with E-state index in [4.69, 9.17) is 9.15 Å². The molecule has 3 heterocycles. The van der Waals surface area contributed by atoms with Crippen molar-refractivity contribution in [3.05, 3.63) is 134 Å². The van der Waals surface area contributed by atoms with E-state index in [0.29, 0.717) is 12.0 Å². The Hall–Kier alpha value is -3.98. The van der Waals surface area contributed by atoms with Crippen LogP contribution in [0.1, 0.15) is 82.0 Å². The summed E-state index contributed by atoms with van der Waals surface area (Å²) in [6, 6.07) is 0.563. The van der Waals surface area contributed by atoms with E-state index in [0.717, 1.165) is 74.7 Å². The van der Waals surface area contributed by atoms with E-state index in [1.54, 1.807) is 16.8 Å². The van der Waals surface area contributed by atoms with Crippen LogP contribution in [0.15, 0.2) is 116 Å². The van der Waals surface area contributed by atoms with E-state index < -0.39 is 0 Å². The molecule has 1 aromatic rings. The van der Waals surface area contributed by atoms with Crippen molar-refractivity contribution >= 4 is 17.9 Å². The molecule has 4 unspecified atom stereocenters. The highest BCUT2D eigenvalue weighted by Gasteiger charge is 2.44. The summed E-state index contributed by atoms with van der Waals surface area (Å²) in [5.41, 5.74) is 12.9. The Labute approximate surface area is 266 Å². The number of fused-ring (bicyclic) bond motifs is 7. The highest BCUT2D eigenvalue weighted by Crippen LogP contribution is 2.53. The summed E-state index contributed by atoms with van der Waals surface area (Å²) in [4.78, 5) is 2.74. The maximum atomic E-state index is 7.06. The Kier molecular flexibility index (Phi) is 5.99. The fourth-order valence-electron chi connectivity index (χ4n) is 9.64. The average molecular weight is 592 g/mol. The van der Waals surface area contributed by atoms with Crippen LogP contribution in [0.4, 0.5) is 0 Å². The first-order chi connectivity index (χ1) is 22.3. The average Bonchev–Trinajstić information content (AvgIpc) is 3.77. The molecule has 226 valence electrons. The van der Waals surface area contributed by atoms with E-state index in [1.807, 2.05) is 0 Å². The topological polar surface area (TPSA) is 25.6 Å². The van der Waals surface area contributed by atoms with Gasteiger partial charge < -0.3 is 14.1 Å². The lowest BCUT2D eigenvalue weighted by molar-refractivity contribution is 0.289. The summed E-state index contributed by atoms with van der Waals surface area (Å²) in [6.07, 6.45) is 44.7. The van der Waals surface area contributed by atoms with Crippen LogP contribution >= 0.6 is 0 Å². The molecule has 3 nitrogen and oxygen atoms in total. The smallest absolute Gasteiger partial charge is 0.134 e. The van der Waals surface area contributed by atoms with Gasteiger partial charge in [0.1, 0.15) is 22.7 Å². The van der Waals surface area contributed by atoms with Crippen LogP contribution in [0, 0.1) is 17.8 Å². The SMILES string of the molecule is C1=CC(C2CC(C3=CC4=C(CC3)N(C3=CCCC=C3)C3CCC=CC43)=CC3=C2OC2=c4c5c(oc4=CCC32)C=CCC5)=CCC1. The summed E-state index contributed by atoms with van der Waals surface area (Å²) in [7, 11) is 0. The Morgan fingerprint density at radius 3 is 2.49 bits per heavy atom. The molecule has 0 saturated heterocycles. The summed E-state index contributed by atoms with van der Waals surface area (Å²) in [5, 5.41) is 1.25. The van der Waals surface area contributed by atoms with E-state index in [-0.39, 0.29) is 11.8 Å². The van der Waals surface area contributed by atoms with Crippen LogP contribution < -0.4 is 10.6 Å². The van der Waals surface area contributed by atoms with Crippen molar-refractivity contribution in [3.8, 4) is 0 Å². The minimum atomic E-state index is 0.275. The van der Waals surface area contributed by atoms with Gasteiger partial charge in [-0.05, 0) is 118 Å². The fourth-order valence-corrected chi connectivity index (χ4v) is 9.64. The fraction of sp³-hybridized carbons (Fsp3) is 0.381. The van der Waals surface area contributed by atoms with Gasteiger partial charge in [0.2, 0.25) is 0 Å².